The third-order valence-corrected chi connectivity index (χ3v) is 4.62. The molecule has 2 aromatic heterocycles. The zero-order chi connectivity index (χ0) is 19.5. The van der Waals surface area contributed by atoms with Gasteiger partial charge in [0, 0.05) is 23.0 Å². The van der Waals surface area contributed by atoms with Crippen LogP contribution in [0.25, 0.3) is 11.0 Å². The summed E-state index contributed by atoms with van der Waals surface area (Å²) in [5, 5.41) is 15.4. The summed E-state index contributed by atoms with van der Waals surface area (Å²) in [5.41, 5.74) is 1.38. The number of phenols is 1. The molecule has 140 valence electrons. The summed E-state index contributed by atoms with van der Waals surface area (Å²) in [6.07, 6.45) is 1.61. The number of hydrogen-bond acceptors (Lipinski definition) is 7. The molecule has 28 heavy (non-hydrogen) atoms. The molecule has 0 aliphatic heterocycles. The van der Waals surface area contributed by atoms with Crippen molar-refractivity contribution < 1.29 is 19.1 Å². The van der Waals surface area contributed by atoms with Gasteiger partial charge >= 0.3 is 0 Å². The van der Waals surface area contributed by atoms with Crippen LogP contribution in [0.5, 0.6) is 11.5 Å². The van der Waals surface area contributed by atoms with Crippen LogP contribution in [0.1, 0.15) is 10.4 Å². The number of phenolic OH excluding ortho intramolecular Hbond substituents is 1. The van der Waals surface area contributed by atoms with Crippen LogP contribution in [0, 0.1) is 0 Å². The Balaban J connectivity index is 1.85. The Bertz CT molecular complexity index is 1200. The third kappa shape index (κ3) is 3.72. The summed E-state index contributed by atoms with van der Waals surface area (Å²) in [4.78, 5) is 21.3. The lowest BCUT2D eigenvalue weighted by Gasteiger charge is -2.06. The second-order valence-corrected chi connectivity index (χ2v) is 6.68. The Kier molecular flexibility index (Phi) is 4.77. The molecule has 8 heteroatoms. The number of aromatic hydroxyl groups is 1. The smallest absolute Gasteiger partial charge is 0.262 e. The number of hydrogen-bond donors (Lipinski definition) is 2. The molecule has 2 heterocycles. The lowest BCUT2D eigenvalue weighted by Crippen LogP contribution is -2.21. The van der Waals surface area contributed by atoms with Crippen molar-refractivity contribution in [3.8, 4) is 11.5 Å². The van der Waals surface area contributed by atoms with Gasteiger partial charge in [0.1, 0.15) is 22.6 Å². The Morgan fingerprint density at radius 2 is 2.04 bits per heavy atom. The van der Waals surface area contributed by atoms with E-state index in [4.69, 9.17) is 9.15 Å². The quantitative estimate of drug-likeness (QED) is 0.544. The normalized spacial score (nSPS) is 11.5. The first kappa shape index (κ1) is 17.7. The van der Waals surface area contributed by atoms with Gasteiger partial charge in [-0.15, -0.1) is 11.3 Å². The summed E-state index contributed by atoms with van der Waals surface area (Å²) in [6, 6.07) is 13.4. The summed E-state index contributed by atoms with van der Waals surface area (Å²) in [7, 11) is 1.58. The Morgan fingerprint density at radius 1 is 1.21 bits per heavy atom. The molecule has 4 rings (SSSR count). The van der Waals surface area contributed by atoms with E-state index in [0.717, 1.165) is 0 Å². The number of methoxy groups -OCH3 is 1. The van der Waals surface area contributed by atoms with E-state index < -0.39 is 0 Å². The minimum absolute atomic E-state index is 0.0617. The molecule has 1 amide bonds. The molecule has 0 unspecified atom stereocenters. The van der Waals surface area contributed by atoms with Gasteiger partial charge in [0.2, 0.25) is 5.55 Å². The van der Waals surface area contributed by atoms with Crippen LogP contribution in [0.15, 0.2) is 69.5 Å². The highest BCUT2D eigenvalue weighted by Gasteiger charge is 2.14. The van der Waals surface area contributed by atoms with Crippen molar-refractivity contribution >= 4 is 39.0 Å². The molecule has 0 aliphatic rings. The van der Waals surface area contributed by atoms with Crippen molar-refractivity contribution in [2.45, 2.75) is 0 Å². The van der Waals surface area contributed by atoms with E-state index in [1.54, 1.807) is 55.1 Å². The van der Waals surface area contributed by atoms with E-state index >= 15 is 0 Å². The first-order chi connectivity index (χ1) is 13.6. The van der Waals surface area contributed by atoms with E-state index in [1.807, 2.05) is 0 Å². The van der Waals surface area contributed by atoms with Crippen molar-refractivity contribution in [2.75, 3.05) is 12.4 Å². The number of benzene rings is 2. The number of carbonyl (C=O) groups excluding carboxylic acids is 1. The fraction of sp³-hybridized carbons (Fsp3) is 0.0500. The maximum absolute atomic E-state index is 12.8. The molecule has 0 spiro atoms. The van der Waals surface area contributed by atoms with Gasteiger partial charge in [-0.3, -0.25) is 10.1 Å². The second kappa shape index (κ2) is 7.53. The van der Waals surface area contributed by atoms with Crippen LogP contribution in [0.4, 0.5) is 10.8 Å². The standard InChI is InChI=1S/C20H15N3O4S/c1-26-15-6-3-13(4-7-15)22-19-16(18(25)23-20-21-8-9-28-20)10-12-2-5-14(24)11-17(12)27-19/h2-11,24H,1H3,(H,21,23,25). The highest BCUT2D eigenvalue weighted by Crippen LogP contribution is 2.22. The van der Waals surface area contributed by atoms with Crippen molar-refractivity contribution in [3.63, 3.8) is 0 Å². The molecule has 2 aromatic carbocycles. The monoisotopic (exact) mass is 393 g/mol. The maximum atomic E-state index is 12.8. The lowest BCUT2D eigenvalue weighted by atomic mass is 10.1. The molecular formula is C20H15N3O4S. The average molecular weight is 393 g/mol. The van der Waals surface area contributed by atoms with Crippen molar-refractivity contribution in [1.29, 1.82) is 0 Å². The number of carbonyl (C=O) groups is 1. The summed E-state index contributed by atoms with van der Waals surface area (Å²) < 4.78 is 11.0. The zero-order valence-corrected chi connectivity index (χ0v) is 15.6. The van der Waals surface area contributed by atoms with Crippen LogP contribution in [-0.2, 0) is 0 Å². The number of ether oxygens (including phenoxy) is 1. The molecule has 0 atom stereocenters. The van der Waals surface area contributed by atoms with Gasteiger partial charge < -0.3 is 14.3 Å². The van der Waals surface area contributed by atoms with E-state index in [2.05, 4.69) is 15.3 Å². The van der Waals surface area contributed by atoms with Gasteiger partial charge in [-0.1, -0.05) is 0 Å². The van der Waals surface area contributed by atoms with Crippen LogP contribution >= 0.6 is 11.3 Å². The topological polar surface area (TPSA) is 97.0 Å². The highest BCUT2D eigenvalue weighted by molar-refractivity contribution is 7.13. The van der Waals surface area contributed by atoms with E-state index in [-0.39, 0.29) is 22.8 Å². The molecule has 0 bridgehead atoms. The first-order valence-corrected chi connectivity index (χ1v) is 9.17. The average Bonchev–Trinajstić information content (AvgIpc) is 3.21. The Hall–Kier alpha value is -3.65. The minimum Gasteiger partial charge on any atom is -0.508 e. The third-order valence-electron chi connectivity index (χ3n) is 3.93. The number of nitrogens with one attached hydrogen (secondary N) is 1. The molecule has 0 saturated heterocycles. The van der Waals surface area contributed by atoms with Crippen molar-refractivity contribution in [2.24, 2.45) is 4.99 Å². The fourth-order valence-electron chi connectivity index (χ4n) is 2.58. The van der Waals surface area contributed by atoms with Crippen molar-refractivity contribution in [3.05, 3.63) is 71.2 Å². The molecule has 0 radical (unpaired) electrons. The molecule has 0 aliphatic carbocycles. The Morgan fingerprint density at radius 3 is 2.75 bits per heavy atom. The van der Waals surface area contributed by atoms with Gasteiger partial charge in [0.15, 0.2) is 5.13 Å². The van der Waals surface area contributed by atoms with Gasteiger partial charge in [-0.25, -0.2) is 9.98 Å². The SMILES string of the molecule is COc1ccc(N=c2oc3cc(O)ccc3cc2C(=O)Nc2nccs2)cc1. The maximum Gasteiger partial charge on any atom is 0.262 e. The predicted molar refractivity (Wildman–Crippen MR) is 106 cm³/mol. The van der Waals surface area contributed by atoms with Crippen LogP contribution in [-0.4, -0.2) is 23.1 Å². The fourth-order valence-corrected chi connectivity index (χ4v) is 3.10. The number of nitrogens with zero attached hydrogens (tertiary/aromatic N) is 2. The van der Waals surface area contributed by atoms with Gasteiger partial charge in [-0.2, -0.15) is 0 Å². The molecule has 4 aromatic rings. The molecular weight excluding hydrogens is 378 g/mol. The summed E-state index contributed by atoms with van der Waals surface area (Å²) >= 11 is 1.31. The van der Waals surface area contributed by atoms with Crippen LogP contribution < -0.4 is 15.6 Å². The van der Waals surface area contributed by atoms with E-state index in [0.29, 0.717) is 27.5 Å². The second-order valence-electron chi connectivity index (χ2n) is 5.79. The predicted octanol–water partition coefficient (Wildman–Crippen LogP) is 4.09. The minimum atomic E-state index is -0.388. The molecule has 7 nitrogen and oxygen atoms in total. The first-order valence-electron chi connectivity index (χ1n) is 8.29. The molecule has 0 saturated carbocycles. The summed E-state index contributed by atoms with van der Waals surface area (Å²) in [5.74, 6) is 0.369. The van der Waals surface area contributed by atoms with Crippen LogP contribution in [0.3, 0.4) is 0 Å². The van der Waals surface area contributed by atoms with Crippen LogP contribution in [0.2, 0.25) is 0 Å². The van der Waals surface area contributed by atoms with Crippen molar-refractivity contribution in [1.82, 2.24) is 4.98 Å². The van der Waals surface area contributed by atoms with Gasteiger partial charge in [0.25, 0.3) is 5.91 Å². The number of amides is 1. The van der Waals surface area contributed by atoms with E-state index in [1.165, 1.54) is 23.5 Å². The van der Waals surface area contributed by atoms with Gasteiger partial charge in [0.05, 0.1) is 12.8 Å². The number of fused-ring (bicyclic) bond motifs is 1. The zero-order valence-electron chi connectivity index (χ0n) is 14.7. The van der Waals surface area contributed by atoms with Gasteiger partial charge in [-0.05, 0) is 42.5 Å². The Labute approximate surface area is 163 Å². The number of thiazole rings is 1. The number of rotatable bonds is 4. The molecule has 0 fully saturated rings. The lowest BCUT2D eigenvalue weighted by molar-refractivity contribution is 0.102. The van der Waals surface area contributed by atoms with E-state index in [9.17, 15) is 9.90 Å². The largest absolute Gasteiger partial charge is 0.508 e. The highest BCUT2D eigenvalue weighted by atomic mass is 32.1. The summed E-state index contributed by atoms with van der Waals surface area (Å²) in [6.45, 7) is 0. The number of anilines is 1. The molecule has 2 N–H and O–H groups in total. The number of aromatic nitrogens is 1.